The van der Waals surface area contributed by atoms with Crippen molar-refractivity contribution in [3.8, 4) is 0 Å². The molecule has 0 aliphatic carbocycles. The van der Waals surface area contributed by atoms with Gasteiger partial charge >= 0.3 is 0 Å². The van der Waals surface area contributed by atoms with E-state index < -0.39 is 36.3 Å². The fourth-order valence-corrected chi connectivity index (χ4v) is 1.40. The SMILES string of the molecule is CC(C)(C)OCC1O[C@H](O)C(O)[C@@H](O)[C@@H]1O. The van der Waals surface area contributed by atoms with E-state index >= 15 is 0 Å². The predicted molar refractivity (Wildman–Crippen MR) is 54.6 cm³/mol. The second-order valence-electron chi connectivity index (χ2n) is 4.96. The Bertz CT molecular complexity index is 226. The van der Waals surface area contributed by atoms with Gasteiger partial charge in [-0.25, -0.2) is 0 Å². The Morgan fingerprint density at radius 1 is 1.00 bits per heavy atom. The van der Waals surface area contributed by atoms with Crippen LogP contribution in [0.2, 0.25) is 0 Å². The summed E-state index contributed by atoms with van der Waals surface area (Å²) in [6.45, 7) is 5.54. The fraction of sp³-hybridized carbons (Fsp3) is 1.00. The Labute approximate surface area is 94.4 Å². The molecule has 96 valence electrons. The molecule has 1 saturated heterocycles. The molecule has 6 heteroatoms. The Morgan fingerprint density at radius 3 is 2.06 bits per heavy atom. The summed E-state index contributed by atoms with van der Waals surface area (Å²) in [7, 11) is 0. The maximum atomic E-state index is 9.60. The lowest BCUT2D eigenvalue weighted by atomic mass is 9.99. The van der Waals surface area contributed by atoms with Gasteiger partial charge in [0.15, 0.2) is 6.29 Å². The molecule has 1 heterocycles. The summed E-state index contributed by atoms with van der Waals surface area (Å²) in [5.41, 5.74) is -0.408. The molecule has 4 N–H and O–H groups in total. The topological polar surface area (TPSA) is 99.4 Å². The summed E-state index contributed by atoms with van der Waals surface area (Å²) in [4.78, 5) is 0. The molecule has 6 nitrogen and oxygen atoms in total. The number of ether oxygens (including phenoxy) is 2. The van der Waals surface area contributed by atoms with Gasteiger partial charge in [-0.3, -0.25) is 0 Å². The van der Waals surface area contributed by atoms with Crippen molar-refractivity contribution in [1.29, 1.82) is 0 Å². The zero-order valence-corrected chi connectivity index (χ0v) is 9.70. The second kappa shape index (κ2) is 4.95. The highest BCUT2D eigenvalue weighted by Crippen LogP contribution is 2.21. The number of hydrogen-bond donors (Lipinski definition) is 4. The third-order valence-electron chi connectivity index (χ3n) is 2.37. The van der Waals surface area contributed by atoms with Gasteiger partial charge in [0.25, 0.3) is 0 Å². The van der Waals surface area contributed by atoms with Crippen molar-refractivity contribution < 1.29 is 29.9 Å². The van der Waals surface area contributed by atoms with Crippen molar-refractivity contribution in [3.63, 3.8) is 0 Å². The van der Waals surface area contributed by atoms with Crippen LogP contribution in [0.15, 0.2) is 0 Å². The molecule has 16 heavy (non-hydrogen) atoms. The summed E-state index contributed by atoms with van der Waals surface area (Å²) in [5, 5.41) is 37.5. The summed E-state index contributed by atoms with van der Waals surface area (Å²) in [5.74, 6) is 0. The maximum Gasteiger partial charge on any atom is 0.184 e. The van der Waals surface area contributed by atoms with E-state index in [1.807, 2.05) is 20.8 Å². The molecule has 0 spiro atoms. The first kappa shape index (κ1) is 13.8. The summed E-state index contributed by atoms with van der Waals surface area (Å²) >= 11 is 0. The molecule has 5 atom stereocenters. The quantitative estimate of drug-likeness (QED) is 0.471. The molecule has 1 aliphatic heterocycles. The van der Waals surface area contributed by atoms with Crippen molar-refractivity contribution in [2.24, 2.45) is 0 Å². The van der Waals surface area contributed by atoms with Gasteiger partial charge in [0.2, 0.25) is 0 Å². The van der Waals surface area contributed by atoms with E-state index in [1.54, 1.807) is 0 Å². The lowest BCUT2D eigenvalue weighted by Gasteiger charge is -2.39. The Balaban J connectivity index is 2.54. The smallest absolute Gasteiger partial charge is 0.184 e. The van der Waals surface area contributed by atoms with E-state index in [1.165, 1.54) is 0 Å². The van der Waals surface area contributed by atoms with Crippen LogP contribution in [0.25, 0.3) is 0 Å². The van der Waals surface area contributed by atoms with Crippen molar-refractivity contribution in [2.45, 2.75) is 57.1 Å². The lowest BCUT2D eigenvalue weighted by Crippen LogP contribution is -2.58. The van der Waals surface area contributed by atoms with Crippen LogP contribution < -0.4 is 0 Å². The van der Waals surface area contributed by atoms with Gasteiger partial charge < -0.3 is 29.9 Å². The highest BCUT2D eigenvalue weighted by atomic mass is 16.6. The van der Waals surface area contributed by atoms with Gasteiger partial charge in [-0.05, 0) is 20.8 Å². The second-order valence-corrected chi connectivity index (χ2v) is 4.96. The van der Waals surface area contributed by atoms with Crippen molar-refractivity contribution >= 4 is 0 Å². The van der Waals surface area contributed by atoms with Gasteiger partial charge in [-0.2, -0.15) is 0 Å². The molecular weight excluding hydrogens is 216 g/mol. The highest BCUT2D eigenvalue weighted by Gasteiger charge is 2.43. The first-order valence-corrected chi connectivity index (χ1v) is 5.24. The Morgan fingerprint density at radius 2 is 1.56 bits per heavy atom. The van der Waals surface area contributed by atoms with E-state index in [-0.39, 0.29) is 6.61 Å². The first-order chi connectivity index (χ1) is 7.22. The molecule has 0 aromatic carbocycles. The van der Waals surface area contributed by atoms with E-state index in [0.717, 1.165) is 0 Å². The molecular formula is C10H20O6. The largest absolute Gasteiger partial charge is 0.387 e. The normalized spacial score (nSPS) is 41.1. The van der Waals surface area contributed by atoms with Crippen LogP contribution in [0.5, 0.6) is 0 Å². The summed E-state index contributed by atoms with van der Waals surface area (Å²) in [6.07, 6.45) is -6.57. The van der Waals surface area contributed by atoms with Crippen LogP contribution >= 0.6 is 0 Å². The van der Waals surface area contributed by atoms with Crippen LogP contribution in [0.1, 0.15) is 20.8 Å². The standard InChI is InChI=1S/C10H20O6/c1-10(2,3)15-4-5-6(11)7(12)8(13)9(14)16-5/h5-9,11-14H,4H2,1-3H3/t5?,6-,7+,8?,9+/m1/s1. The average Bonchev–Trinajstić information content (AvgIpc) is 2.17. The Kier molecular flexibility index (Phi) is 4.28. The monoisotopic (exact) mass is 236 g/mol. The van der Waals surface area contributed by atoms with Crippen LogP contribution in [0.4, 0.5) is 0 Å². The molecule has 1 fully saturated rings. The molecule has 0 bridgehead atoms. The van der Waals surface area contributed by atoms with Gasteiger partial charge in [-0.1, -0.05) is 0 Å². The predicted octanol–water partition coefficient (Wildman–Crippen LogP) is -1.40. The fourth-order valence-electron chi connectivity index (χ4n) is 1.40. The Hall–Kier alpha value is -0.240. The van der Waals surface area contributed by atoms with Gasteiger partial charge in [-0.15, -0.1) is 0 Å². The number of hydrogen-bond acceptors (Lipinski definition) is 6. The minimum atomic E-state index is -1.51. The van der Waals surface area contributed by atoms with Gasteiger partial charge in [0, 0.05) is 0 Å². The minimum absolute atomic E-state index is 0.0332. The van der Waals surface area contributed by atoms with E-state index in [4.69, 9.17) is 9.47 Å². The molecule has 0 radical (unpaired) electrons. The summed E-state index contributed by atoms with van der Waals surface area (Å²) < 4.78 is 10.3. The zero-order chi connectivity index (χ0) is 12.5. The lowest BCUT2D eigenvalue weighted by molar-refractivity contribution is -0.292. The molecule has 0 aromatic rings. The van der Waals surface area contributed by atoms with E-state index in [2.05, 4.69) is 0 Å². The van der Waals surface area contributed by atoms with Crippen LogP contribution in [0, 0.1) is 0 Å². The van der Waals surface area contributed by atoms with Crippen molar-refractivity contribution in [1.82, 2.24) is 0 Å². The van der Waals surface area contributed by atoms with Crippen LogP contribution in [-0.4, -0.2) is 63.3 Å². The van der Waals surface area contributed by atoms with E-state index in [0.29, 0.717) is 0 Å². The number of aliphatic hydroxyl groups is 4. The molecule has 2 unspecified atom stereocenters. The number of rotatable bonds is 2. The molecule has 1 aliphatic rings. The zero-order valence-electron chi connectivity index (χ0n) is 9.70. The molecule has 1 rings (SSSR count). The first-order valence-electron chi connectivity index (χ1n) is 5.24. The van der Waals surface area contributed by atoms with Crippen LogP contribution in [-0.2, 0) is 9.47 Å². The van der Waals surface area contributed by atoms with E-state index in [9.17, 15) is 20.4 Å². The van der Waals surface area contributed by atoms with Crippen LogP contribution in [0.3, 0.4) is 0 Å². The summed E-state index contributed by atoms with van der Waals surface area (Å²) in [6, 6.07) is 0. The average molecular weight is 236 g/mol. The third kappa shape index (κ3) is 3.38. The number of aliphatic hydroxyl groups excluding tert-OH is 4. The molecule has 0 saturated carbocycles. The molecule has 0 aromatic heterocycles. The van der Waals surface area contributed by atoms with Crippen molar-refractivity contribution in [2.75, 3.05) is 6.61 Å². The maximum absolute atomic E-state index is 9.60. The van der Waals surface area contributed by atoms with Gasteiger partial charge in [0.05, 0.1) is 12.2 Å². The minimum Gasteiger partial charge on any atom is -0.387 e. The molecule has 0 amide bonds. The van der Waals surface area contributed by atoms with Crippen molar-refractivity contribution in [3.05, 3.63) is 0 Å². The third-order valence-corrected chi connectivity index (χ3v) is 2.37. The van der Waals surface area contributed by atoms with Gasteiger partial charge in [0.1, 0.15) is 24.4 Å². The highest BCUT2D eigenvalue weighted by molar-refractivity contribution is 4.88.